The van der Waals surface area contributed by atoms with E-state index in [1.165, 1.54) is 27.7 Å². The smallest absolute Gasteiger partial charge is 0.748 e. The van der Waals surface area contributed by atoms with Gasteiger partial charge in [0.2, 0.25) is 5.52 Å². The number of thioether (sulfide) groups is 1. The standard InChI is InChI=1S/C23H20F6N2O6S4.Na/c24-22(25,26)14-3-5-18-16(11-14)30(7-1-9-40(32,33)34)20(38-18)13-21-31(8-2-10-41(35,36)37)17-12-15(23(27,28)29)4-6-19(17)39-21;/h3-6,11-13H,1-2,7-10H2,(H-,32,33,34,35,36,37);/q;+1/p-1. The van der Waals surface area contributed by atoms with Crippen molar-refractivity contribution in [2.75, 3.05) is 23.0 Å². The van der Waals surface area contributed by atoms with E-state index in [-0.39, 0.29) is 66.7 Å². The molecule has 0 unspecified atom stereocenters. The number of fused-ring (bicyclic) bond motifs is 2. The third kappa shape index (κ3) is 8.84. The molecule has 3 aromatic rings. The summed E-state index contributed by atoms with van der Waals surface area (Å²) >= 11 is 2.06. The summed E-state index contributed by atoms with van der Waals surface area (Å²) in [5.41, 5.74) is -1.72. The van der Waals surface area contributed by atoms with Crippen LogP contribution in [0, 0.1) is 0 Å². The summed E-state index contributed by atoms with van der Waals surface area (Å²) in [6, 6.07) is 5.96. The predicted octanol–water partition coefficient (Wildman–Crippen LogP) is 2.01. The molecule has 0 aliphatic carbocycles. The molecule has 0 radical (unpaired) electrons. The van der Waals surface area contributed by atoms with Crippen molar-refractivity contribution in [2.45, 2.75) is 36.6 Å². The fraction of sp³-hybridized carbons (Fsp3) is 0.348. The van der Waals surface area contributed by atoms with Gasteiger partial charge >= 0.3 is 41.9 Å². The molecule has 0 saturated carbocycles. The Labute approximate surface area is 267 Å². The van der Waals surface area contributed by atoms with E-state index in [0.717, 1.165) is 47.4 Å². The Morgan fingerprint density at radius 3 is 2.02 bits per heavy atom. The molecule has 0 bridgehead atoms. The van der Waals surface area contributed by atoms with Gasteiger partial charge in [0.25, 0.3) is 5.01 Å². The van der Waals surface area contributed by atoms with Gasteiger partial charge in [0.05, 0.1) is 48.2 Å². The molecular weight excluding hydrogens is 666 g/mol. The topological polar surface area (TPSA) is 122 Å². The van der Waals surface area contributed by atoms with E-state index in [4.69, 9.17) is 0 Å². The predicted molar refractivity (Wildman–Crippen MR) is 138 cm³/mol. The Kier molecular flexibility index (Phi) is 10.8. The molecule has 224 valence electrons. The van der Waals surface area contributed by atoms with Crippen LogP contribution in [0.15, 0.2) is 46.3 Å². The first-order chi connectivity index (χ1) is 18.8. The number of nitrogens with zero attached hydrogens (tertiary/aromatic N) is 2. The third-order valence-corrected chi connectivity index (χ3v) is 9.72. The summed E-state index contributed by atoms with van der Waals surface area (Å²) in [6.45, 7) is -0.321. The third-order valence-electron chi connectivity index (χ3n) is 5.91. The Morgan fingerprint density at radius 1 is 0.857 bits per heavy atom. The van der Waals surface area contributed by atoms with Gasteiger partial charge in [-0.25, -0.2) is 16.8 Å². The molecular formula is C23H19F6N2NaO6S4. The molecule has 8 nitrogen and oxygen atoms in total. The van der Waals surface area contributed by atoms with Gasteiger partial charge in [0.1, 0.15) is 4.70 Å². The van der Waals surface area contributed by atoms with E-state index in [9.17, 15) is 52.3 Å². The van der Waals surface area contributed by atoms with Gasteiger partial charge in [-0.05, 0) is 36.8 Å². The number of benzene rings is 2. The molecule has 0 amide bonds. The first kappa shape index (κ1) is 35.1. The number of rotatable bonds is 9. The van der Waals surface area contributed by atoms with Crippen LogP contribution in [0.4, 0.5) is 32.0 Å². The second kappa shape index (κ2) is 12.9. The van der Waals surface area contributed by atoms with Gasteiger partial charge in [-0.3, -0.25) is 0 Å². The zero-order valence-corrected chi connectivity index (χ0v) is 26.8. The van der Waals surface area contributed by atoms with Crippen molar-refractivity contribution in [2.24, 2.45) is 0 Å². The number of aromatic nitrogens is 1. The normalized spacial score (nSPS) is 15.3. The number of anilines is 1. The Morgan fingerprint density at radius 2 is 1.43 bits per heavy atom. The molecule has 4 rings (SSSR count). The van der Waals surface area contributed by atoms with Crippen molar-refractivity contribution >= 4 is 65.3 Å². The van der Waals surface area contributed by atoms with Crippen LogP contribution in [0.3, 0.4) is 0 Å². The number of hydrogen-bond acceptors (Lipinski definition) is 9. The molecule has 0 saturated heterocycles. The number of alkyl halides is 6. The van der Waals surface area contributed by atoms with E-state index in [1.54, 1.807) is 0 Å². The largest absolute Gasteiger partial charge is 1.00 e. The van der Waals surface area contributed by atoms with E-state index < -0.39 is 55.2 Å². The zero-order chi connectivity index (χ0) is 30.4. The van der Waals surface area contributed by atoms with Crippen LogP contribution in [-0.4, -0.2) is 44.0 Å². The first-order valence-electron chi connectivity index (χ1n) is 11.6. The molecule has 0 atom stereocenters. The number of thiazole rings is 1. The molecule has 1 aliphatic rings. The fourth-order valence-electron chi connectivity index (χ4n) is 4.14. The fourth-order valence-corrected chi connectivity index (χ4v) is 7.39. The molecule has 1 aromatic heterocycles. The molecule has 0 N–H and O–H groups in total. The van der Waals surface area contributed by atoms with Gasteiger partial charge < -0.3 is 14.0 Å². The van der Waals surface area contributed by atoms with Crippen LogP contribution >= 0.6 is 23.1 Å². The minimum Gasteiger partial charge on any atom is -0.748 e. The van der Waals surface area contributed by atoms with Crippen LogP contribution in [0.2, 0.25) is 0 Å². The van der Waals surface area contributed by atoms with E-state index >= 15 is 0 Å². The molecule has 42 heavy (non-hydrogen) atoms. The van der Waals surface area contributed by atoms with Crippen LogP contribution < -0.4 is 39.0 Å². The minimum absolute atomic E-state index is 0. The van der Waals surface area contributed by atoms with Crippen LogP contribution in [0.1, 0.15) is 29.0 Å². The van der Waals surface area contributed by atoms with Gasteiger partial charge in [-0.15, -0.1) is 0 Å². The molecule has 2 heterocycles. The van der Waals surface area contributed by atoms with Crippen molar-refractivity contribution in [3.05, 3.63) is 57.6 Å². The minimum atomic E-state index is -4.68. The molecule has 0 fully saturated rings. The summed E-state index contributed by atoms with van der Waals surface area (Å²) in [6.07, 6.45) is -8.32. The molecule has 0 spiro atoms. The summed E-state index contributed by atoms with van der Waals surface area (Å²) in [5.74, 6) is -1.55. The molecule has 19 heteroatoms. The van der Waals surface area contributed by atoms with Gasteiger partial charge in [-0.2, -0.15) is 30.9 Å². The first-order valence-corrected chi connectivity index (χ1v) is 16.4. The van der Waals surface area contributed by atoms with Crippen LogP contribution in [0.5, 0.6) is 0 Å². The van der Waals surface area contributed by atoms with Crippen LogP contribution in [0.25, 0.3) is 16.3 Å². The number of halogens is 6. The summed E-state index contributed by atoms with van der Waals surface area (Å²) in [4.78, 5) is 1.77. The number of hydrogen-bond donors (Lipinski definition) is 0. The number of aryl methyl sites for hydroxylation is 1. The van der Waals surface area contributed by atoms with Gasteiger partial charge in [-0.1, -0.05) is 23.1 Å². The summed E-state index contributed by atoms with van der Waals surface area (Å²) in [7, 11) is -9.23. The average molecular weight is 685 g/mol. The average Bonchev–Trinajstić information content (AvgIpc) is 3.33. The Hall–Kier alpha value is -1.38. The quantitative estimate of drug-likeness (QED) is 0.145. The summed E-state index contributed by atoms with van der Waals surface area (Å²) < 4.78 is 149. The van der Waals surface area contributed by atoms with Crippen molar-refractivity contribution in [3.8, 4) is 0 Å². The second-order valence-electron chi connectivity index (χ2n) is 8.92. The van der Waals surface area contributed by atoms with E-state index in [1.807, 2.05) is 0 Å². The van der Waals surface area contributed by atoms with Gasteiger partial charge in [0.15, 0.2) is 6.54 Å². The zero-order valence-electron chi connectivity index (χ0n) is 21.5. The van der Waals surface area contributed by atoms with Gasteiger partial charge in [0, 0.05) is 35.4 Å². The van der Waals surface area contributed by atoms with Crippen molar-refractivity contribution in [1.82, 2.24) is 0 Å². The van der Waals surface area contributed by atoms with E-state index in [2.05, 4.69) is 0 Å². The van der Waals surface area contributed by atoms with Crippen molar-refractivity contribution < 1.29 is 86.4 Å². The molecule has 2 aromatic carbocycles. The molecule has 1 aliphatic heterocycles. The van der Waals surface area contributed by atoms with Crippen molar-refractivity contribution in [3.63, 3.8) is 0 Å². The maximum absolute atomic E-state index is 13.4. The van der Waals surface area contributed by atoms with E-state index in [0.29, 0.717) is 19.6 Å². The monoisotopic (exact) mass is 684 g/mol. The van der Waals surface area contributed by atoms with Crippen LogP contribution in [-0.2, 0) is 39.1 Å². The summed E-state index contributed by atoms with van der Waals surface area (Å²) in [5, 5.41) is 0.603. The Balaban J connectivity index is 0.00000484. The Bertz CT molecular complexity index is 1720. The second-order valence-corrected chi connectivity index (χ2v) is 14.1. The maximum atomic E-state index is 13.4. The van der Waals surface area contributed by atoms with Crippen molar-refractivity contribution in [1.29, 1.82) is 0 Å². The maximum Gasteiger partial charge on any atom is 1.00 e. The SMILES string of the molecule is O=S(=O)([O-])CCCN1C(=Cc2sc3ccc(C(F)(F)F)cc3[n+]2CCCS(=O)(=O)[O-])Sc2ccc(C(F)(F)F)cc21.[Na+].